The number of rotatable bonds is 18. The molecular weight excluding hydrogens is 568 g/mol. The van der Waals surface area contributed by atoms with Crippen molar-refractivity contribution in [2.75, 3.05) is 5.32 Å². The van der Waals surface area contributed by atoms with Crippen LogP contribution in [0.2, 0.25) is 0 Å². The summed E-state index contributed by atoms with van der Waals surface area (Å²) in [5, 5.41) is 30.6. The number of non-ortho nitro benzene ring substituents is 1. The van der Waals surface area contributed by atoms with Gasteiger partial charge >= 0.3 is 0 Å². The zero-order valence-electron chi connectivity index (χ0n) is 24.2. The zero-order valence-corrected chi connectivity index (χ0v) is 24.2. The topological polar surface area (TPSA) is 292 Å². The molecule has 0 aliphatic rings. The molecule has 0 aromatic heterocycles. The Bertz CT molecular complexity index is 1170. The highest BCUT2D eigenvalue weighted by Crippen LogP contribution is 2.16. The molecule has 0 fully saturated rings. The second-order valence-corrected chi connectivity index (χ2v) is 10.4. The Hall–Kier alpha value is -4.64. The predicted molar refractivity (Wildman–Crippen MR) is 153 cm³/mol. The molecule has 0 aliphatic heterocycles. The molecule has 0 saturated heterocycles. The van der Waals surface area contributed by atoms with Gasteiger partial charge in [0.25, 0.3) is 5.69 Å². The predicted octanol–water partition coefficient (Wildman–Crippen LogP) is -1.73. The van der Waals surface area contributed by atoms with Crippen LogP contribution >= 0.6 is 0 Å². The molecule has 0 saturated carbocycles. The first-order valence-corrected chi connectivity index (χ1v) is 13.5. The van der Waals surface area contributed by atoms with Crippen molar-refractivity contribution in [3.63, 3.8) is 0 Å². The third kappa shape index (κ3) is 13.3. The van der Waals surface area contributed by atoms with Gasteiger partial charge in [-0.05, 0) is 44.2 Å². The number of carbonyl (C=O) groups excluding carboxylic acids is 6. The van der Waals surface area contributed by atoms with Crippen molar-refractivity contribution in [1.29, 1.82) is 0 Å². The quantitative estimate of drug-likeness (QED) is 0.0688. The largest absolute Gasteiger partial charge is 0.391 e. The van der Waals surface area contributed by atoms with E-state index in [9.17, 15) is 44.0 Å². The molecule has 6 amide bonds. The molecule has 0 bridgehead atoms. The van der Waals surface area contributed by atoms with Gasteiger partial charge < -0.3 is 43.6 Å². The Morgan fingerprint density at radius 1 is 0.814 bits per heavy atom. The third-order valence-corrected chi connectivity index (χ3v) is 6.10. The van der Waals surface area contributed by atoms with Crippen molar-refractivity contribution in [2.24, 2.45) is 23.1 Å². The van der Waals surface area contributed by atoms with Crippen LogP contribution in [0.15, 0.2) is 24.3 Å². The van der Waals surface area contributed by atoms with Crippen LogP contribution in [0.1, 0.15) is 52.9 Å². The summed E-state index contributed by atoms with van der Waals surface area (Å²) in [6.07, 6.45) is -2.32. The lowest BCUT2D eigenvalue weighted by atomic mass is 10.0. The van der Waals surface area contributed by atoms with Crippen molar-refractivity contribution in [1.82, 2.24) is 16.0 Å². The molecule has 1 aromatic rings. The minimum absolute atomic E-state index is 0.0694. The number of benzene rings is 1. The monoisotopic (exact) mass is 608 g/mol. The van der Waals surface area contributed by atoms with Crippen LogP contribution in [-0.4, -0.2) is 75.7 Å². The van der Waals surface area contributed by atoms with E-state index in [0.717, 1.165) is 12.1 Å². The zero-order chi connectivity index (χ0) is 32.9. The maximum atomic E-state index is 13.2. The minimum atomic E-state index is -1.56. The number of nitrogens with two attached hydrogens (primary N) is 3. The van der Waals surface area contributed by atoms with Gasteiger partial charge in [0.05, 0.1) is 17.1 Å². The molecule has 11 N–H and O–H groups in total. The van der Waals surface area contributed by atoms with E-state index >= 15 is 0 Å². The maximum absolute atomic E-state index is 13.2. The van der Waals surface area contributed by atoms with Crippen LogP contribution < -0.4 is 38.5 Å². The Labute approximate surface area is 247 Å². The lowest BCUT2D eigenvalue weighted by molar-refractivity contribution is -0.384. The molecule has 17 heteroatoms. The van der Waals surface area contributed by atoms with E-state index in [2.05, 4.69) is 21.3 Å². The number of nitro benzene ring substituents is 1. The van der Waals surface area contributed by atoms with Gasteiger partial charge in [0.15, 0.2) is 0 Å². The van der Waals surface area contributed by atoms with Crippen molar-refractivity contribution >= 4 is 46.8 Å². The van der Waals surface area contributed by atoms with Gasteiger partial charge in [0.1, 0.15) is 18.1 Å². The number of primary amides is 2. The fourth-order valence-electron chi connectivity index (χ4n) is 3.82. The van der Waals surface area contributed by atoms with Gasteiger partial charge in [-0.15, -0.1) is 0 Å². The van der Waals surface area contributed by atoms with E-state index in [0.29, 0.717) is 6.42 Å². The summed E-state index contributed by atoms with van der Waals surface area (Å²) in [5.74, 6) is -4.92. The van der Waals surface area contributed by atoms with Crippen LogP contribution in [0, 0.1) is 16.0 Å². The van der Waals surface area contributed by atoms with Crippen molar-refractivity contribution in [2.45, 2.75) is 83.1 Å². The third-order valence-electron chi connectivity index (χ3n) is 6.10. The first kappa shape index (κ1) is 36.4. The summed E-state index contributed by atoms with van der Waals surface area (Å²) in [5.41, 5.74) is 16.2. The summed E-state index contributed by atoms with van der Waals surface area (Å²) in [6.45, 7) is 4.91. The fraction of sp³-hybridized carbons (Fsp3) is 0.538. The number of nitrogens with zero attached hydrogens (tertiary/aromatic N) is 1. The van der Waals surface area contributed by atoms with Gasteiger partial charge in [-0.2, -0.15) is 0 Å². The molecule has 238 valence electrons. The van der Waals surface area contributed by atoms with Gasteiger partial charge in [0, 0.05) is 30.7 Å². The molecule has 1 aromatic carbocycles. The first-order valence-electron chi connectivity index (χ1n) is 13.5. The number of anilines is 1. The lowest BCUT2D eigenvalue weighted by Gasteiger charge is -2.26. The average Bonchev–Trinajstić information content (AvgIpc) is 2.90. The number of hydrogen-bond donors (Lipinski definition) is 8. The highest BCUT2D eigenvalue weighted by Gasteiger charge is 2.32. The number of aliphatic hydroxyl groups excluding tert-OH is 1. The molecule has 5 atom stereocenters. The van der Waals surface area contributed by atoms with Crippen molar-refractivity contribution in [3.05, 3.63) is 34.4 Å². The van der Waals surface area contributed by atoms with Crippen LogP contribution in [-0.2, 0) is 28.8 Å². The van der Waals surface area contributed by atoms with Crippen LogP contribution in [0.3, 0.4) is 0 Å². The van der Waals surface area contributed by atoms with Gasteiger partial charge in [0.2, 0.25) is 35.4 Å². The van der Waals surface area contributed by atoms with Crippen LogP contribution in [0.4, 0.5) is 11.4 Å². The number of amides is 6. The second-order valence-electron chi connectivity index (χ2n) is 10.4. The average molecular weight is 609 g/mol. The summed E-state index contributed by atoms with van der Waals surface area (Å²) in [6, 6.07) is -0.533. The normalized spacial score (nSPS) is 14.4. The molecule has 0 unspecified atom stereocenters. The number of carbonyl (C=O) groups is 6. The number of hydrogen-bond acceptors (Lipinski definition) is 10. The first-order chi connectivity index (χ1) is 20.0. The van der Waals surface area contributed by atoms with E-state index in [4.69, 9.17) is 17.2 Å². The molecule has 0 heterocycles. The summed E-state index contributed by atoms with van der Waals surface area (Å²) >= 11 is 0. The van der Waals surface area contributed by atoms with E-state index in [-0.39, 0.29) is 43.0 Å². The molecule has 0 aliphatic carbocycles. The van der Waals surface area contributed by atoms with E-state index in [1.807, 2.05) is 13.8 Å². The summed E-state index contributed by atoms with van der Waals surface area (Å²) in [7, 11) is 0. The van der Waals surface area contributed by atoms with E-state index < -0.39 is 70.6 Å². The maximum Gasteiger partial charge on any atom is 0.269 e. The summed E-state index contributed by atoms with van der Waals surface area (Å²) < 4.78 is 0. The molecule has 0 spiro atoms. The number of nitro groups is 1. The Kier molecular flexibility index (Phi) is 14.7. The number of nitrogens with one attached hydrogen (secondary N) is 4. The smallest absolute Gasteiger partial charge is 0.269 e. The second kappa shape index (κ2) is 17.3. The molecular formula is C26H40N8O9. The molecule has 0 radical (unpaired) electrons. The van der Waals surface area contributed by atoms with Gasteiger partial charge in [-0.3, -0.25) is 38.9 Å². The SMILES string of the molecule is CC(C)C[C@H](N)C(=O)N[C@@H](CCC(N)=O)C(=O)N[C@@H](CCC(N)=O)C(=O)N[C@H](C(=O)Nc1ccc([N+](=O)[O-])cc1)[C@@H](C)O. The van der Waals surface area contributed by atoms with Crippen LogP contribution in [0.25, 0.3) is 0 Å². The molecule has 17 nitrogen and oxygen atoms in total. The van der Waals surface area contributed by atoms with Crippen LogP contribution in [0.5, 0.6) is 0 Å². The van der Waals surface area contributed by atoms with Gasteiger partial charge in [-0.25, -0.2) is 0 Å². The highest BCUT2D eigenvalue weighted by molar-refractivity contribution is 5.99. The summed E-state index contributed by atoms with van der Waals surface area (Å²) in [4.78, 5) is 84.9. The van der Waals surface area contributed by atoms with Crippen molar-refractivity contribution < 1.29 is 38.8 Å². The Balaban J connectivity index is 3.12. The lowest BCUT2D eigenvalue weighted by Crippen LogP contribution is -2.59. The highest BCUT2D eigenvalue weighted by atomic mass is 16.6. The fourth-order valence-corrected chi connectivity index (χ4v) is 3.82. The van der Waals surface area contributed by atoms with E-state index in [1.54, 1.807) is 0 Å². The number of aliphatic hydroxyl groups is 1. The Morgan fingerprint density at radius 2 is 1.28 bits per heavy atom. The minimum Gasteiger partial charge on any atom is -0.391 e. The standard InChI is InChI=1S/C26H40N8O9/c1-13(2)12-17(27)23(38)31-18(8-10-20(28)36)24(39)32-19(9-11-21(29)37)25(40)33-22(14(3)35)26(41)30-15-4-6-16(7-5-15)34(42)43/h4-7,13-14,17-19,22,35H,8-12,27H2,1-3H3,(H2,28,36)(H2,29,37)(H,30,41)(H,31,38)(H,32,39)(H,33,40)/t14-,17+,18+,19+,22+/m1/s1. The van der Waals surface area contributed by atoms with Gasteiger partial charge in [-0.1, -0.05) is 13.8 Å². The molecule has 1 rings (SSSR count). The van der Waals surface area contributed by atoms with E-state index in [1.165, 1.54) is 19.1 Å². The molecule has 43 heavy (non-hydrogen) atoms. The van der Waals surface area contributed by atoms with Crippen molar-refractivity contribution in [3.8, 4) is 0 Å². The Morgan fingerprint density at radius 3 is 1.70 bits per heavy atom.